The summed E-state index contributed by atoms with van der Waals surface area (Å²) in [5, 5.41) is 5.86. The number of ether oxygens (including phenoxy) is 1. The number of likely N-dealkylation sites (N-methyl/N-ethyl adjacent to an activating group) is 1. The third-order valence-corrected chi connectivity index (χ3v) is 3.97. The molecule has 1 aromatic rings. The number of hydrogen-bond acceptors (Lipinski definition) is 4. The first-order valence-electron chi connectivity index (χ1n) is 6.36. The largest absolute Gasteiger partial charge is 0.465 e. The molecule has 5 nitrogen and oxygen atoms in total. The van der Waals surface area contributed by atoms with Gasteiger partial charge in [0, 0.05) is 8.95 Å². The Kier molecular flexibility index (Phi) is 6.37. The summed E-state index contributed by atoms with van der Waals surface area (Å²) in [6, 6.07) is 3.36. The first-order valence-corrected chi connectivity index (χ1v) is 7.95. The summed E-state index contributed by atoms with van der Waals surface area (Å²) in [5.74, 6) is -0.758. The standard InChI is InChI=1S/C14H18Br2N2O3/c1-5-17-14(2,3)13(20)18-11-9(12(19)21-4)6-8(15)7-10(11)16/h6-7,17H,5H2,1-4H3,(H,18,20). The molecule has 0 saturated carbocycles. The zero-order chi connectivity index (χ0) is 16.2. The summed E-state index contributed by atoms with van der Waals surface area (Å²) in [7, 11) is 1.30. The predicted octanol–water partition coefficient (Wildman–Crippen LogP) is 3.32. The van der Waals surface area contributed by atoms with Crippen LogP contribution in [-0.2, 0) is 9.53 Å². The molecule has 116 valence electrons. The van der Waals surface area contributed by atoms with Gasteiger partial charge in [0.05, 0.1) is 23.9 Å². The highest BCUT2D eigenvalue weighted by Crippen LogP contribution is 2.31. The van der Waals surface area contributed by atoms with Gasteiger partial charge in [-0.3, -0.25) is 4.79 Å². The van der Waals surface area contributed by atoms with Gasteiger partial charge in [-0.25, -0.2) is 4.79 Å². The number of carbonyl (C=O) groups is 2. The van der Waals surface area contributed by atoms with Gasteiger partial charge in [-0.15, -0.1) is 0 Å². The van der Waals surface area contributed by atoms with Gasteiger partial charge >= 0.3 is 5.97 Å². The lowest BCUT2D eigenvalue weighted by molar-refractivity contribution is -0.121. The zero-order valence-corrected chi connectivity index (χ0v) is 15.5. The fourth-order valence-corrected chi connectivity index (χ4v) is 3.09. The number of benzene rings is 1. The summed E-state index contributed by atoms with van der Waals surface area (Å²) in [4.78, 5) is 24.2. The van der Waals surface area contributed by atoms with E-state index in [-0.39, 0.29) is 11.5 Å². The van der Waals surface area contributed by atoms with Gasteiger partial charge in [-0.2, -0.15) is 0 Å². The van der Waals surface area contributed by atoms with Gasteiger partial charge in [0.1, 0.15) is 0 Å². The number of methoxy groups -OCH3 is 1. The van der Waals surface area contributed by atoms with E-state index in [1.807, 2.05) is 6.92 Å². The third-order valence-electron chi connectivity index (χ3n) is 2.89. The van der Waals surface area contributed by atoms with Crippen LogP contribution in [0, 0.1) is 0 Å². The molecule has 2 N–H and O–H groups in total. The average molecular weight is 422 g/mol. The number of anilines is 1. The molecule has 0 heterocycles. The zero-order valence-electron chi connectivity index (χ0n) is 12.3. The van der Waals surface area contributed by atoms with Gasteiger partial charge in [-0.1, -0.05) is 22.9 Å². The van der Waals surface area contributed by atoms with Crippen molar-refractivity contribution in [2.75, 3.05) is 19.0 Å². The van der Waals surface area contributed by atoms with Crippen molar-refractivity contribution in [1.29, 1.82) is 0 Å². The number of hydrogen-bond donors (Lipinski definition) is 2. The van der Waals surface area contributed by atoms with Crippen molar-refractivity contribution in [3.05, 3.63) is 26.6 Å². The second kappa shape index (κ2) is 7.38. The minimum absolute atomic E-state index is 0.238. The quantitative estimate of drug-likeness (QED) is 0.715. The van der Waals surface area contributed by atoms with Crippen molar-refractivity contribution in [2.45, 2.75) is 26.3 Å². The summed E-state index contributed by atoms with van der Waals surface area (Å²) in [6.45, 7) is 6.13. The maximum atomic E-state index is 12.4. The molecule has 0 radical (unpaired) electrons. The van der Waals surface area contributed by atoms with E-state index < -0.39 is 11.5 Å². The molecule has 0 atom stereocenters. The highest BCUT2D eigenvalue weighted by atomic mass is 79.9. The first kappa shape index (κ1) is 18.1. The van der Waals surface area contributed by atoms with Gasteiger partial charge < -0.3 is 15.4 Å². The fraction of sp³-hybridized carbons (Fsp3) is 0.429. The summed E-state index contributed by atoms with van der Waals surface area (Å²) >= 11 is 6.67. The lowest BCUT2D eigenvalue weighted by Gasteiger charge is -2.25. The summed E-state index contributed by atoms with van der Waals surface area (Å²) in [5.41, 5.74) is -0.0882. The van der Waals surface area contributed by atoms with Crippen molar-refractivity contribution >= 4 is 49.4 Å². The third kappa shape index (κ3) is 4.52. The van der Waals surface area contributed by atoms with Crippen LogP contribution in [0.15, 0.2) is 21.1 Å². The highest BCUT2D eigenvalue weighted by Gasteiger charge is 2.28. The van der Waals surface area contributed by atoms with Crippen molar-refractivity contribution in [3.63, 3.8) is 0 Å². The Labute approximate surface area is 141 Å². The average Bonchev–Trinajstić information content (AvgIpc) is 2.40. The molecule has 1 aromatic carbocycles. The molecular formula is C14H18Br2N2O3. The molecule has 0 aliphatic carbocycles. The highest BCUT2D eigenvalue weighted by molar-refractivity contribution is 9.11. The van der Waals surface area contributed by atoms with Gasteiger partial charge in [0.25, 0.3) is 0 Å². The van der Waals surface area contributed by atoms with Crippen LogP contribution in [0.5, 0.6) is 0 Å². The summed E-state index contributed by atoms with van der Waals surface area (Å²) < 4.78 is 6.06. The first-order chi connectivity index (χ1) is 9.72. The molecule has 0 spiro atoms. The monoisotopic (exact) mass is 420 g/mol. The smallest absolute Gasteiger partial charge is 0.340 e. The van der Waals surface area contributed by atoms with E-state index in [9.17, 15) is 9.59 Å². The van der Waals surface area contributed by atoms with Gasteiger partial charge in [-0.05, 0) is 48.5 Å². The number of esters is 1. The Bertz CT molecular complexity index is 559. The van der Waals surface area contributed by atoms with Crippen LogP contribution in [0.2, 0.25) is 0 Å². The second-order valence-electron chi connectivity index (χ2n) is 4.91. The number of amides is 1. The van der Waals surface area contributed by atoms with E-state index in [1.54, 1.807) is 26.0 Å². The number of carbonyl (C=O) groups excluding carboxylic acids is 2. The van der Waals surface area contributed by atoms with Crippen LogP contribution < -0.4 is 10.6 Å². The molecule has 0 saturated heterocycles. The Morgan fingerprint density at radius 3 is 2.43 bits per heavy atom. The number of nitrogens with one attached hydrogen (secondary N) is 2. The van der Waals surface area contributed by atoms with Crippen LogP contribution in [0.1, 0.15) is 31.1 Å². The van der Waals surface area contributed by atoms with Crippen LogP contribution in [0.3, 0.4) is 0 Å². The number of halogens is 2. The SMILES string of the molecule is CCNC(C)(C)C(=O)Nc1c(Br)cc(Br)cc1C(=O)OC. The Hall–Kier alpha value is -0.920. The van der Waals surface area contributed by atoms with Crippen molar-refractivity contribution < 1.29 is 14.3 Å². The van der Waals surface area contributed by atoms with Crippen molar-refractivity contribution in [3.8, 4) is 0 Å². The van der Waals surface area contributed by atoms with Crippen LogP contribution in [-0.4, -0.2) is 31.1 Å². The minimum atomic E-state index is -0.755. The van der Waals surface area contributed by atoms with E-state index >= 15 is 0 Å². The lowest BCUT2D eigenvalue weighted by atomic mass is 10.0. The topological polar surface area (TPSA) is 67.4 Å². The van der Waals surface area contributed by atoms with E-state index in [4.69, 9.17) is 4.74 Å². The van der Waals surface area contributed by atoms with Crippen LogP contribution in [0.25, 0.3) is 0 Å². The maximum absolute atomic E-state index is 12.4. The molecule has 0 aromatic heterocycles. The van der Waals surface area contributed by atoms with E-state index in [0.717, 1.165) is 0 Å². The molecule has 0 bridgehead atoms. The van der Waals surface area contributed by atoms with Crippen molar-refractivity contribution in [2.24, 2.45) is 0 Å². The molecule has 0 fully saturated rings. The minimum Gasteiger partial charge on any atom is -0.465 e. The van der Waals surface area contributed by atoms with Crippen molar-refractivity contribution in [1.82, 2.24) is 5.32 Å². The van der Waals surface area contributed by atoms with Crippen LogP contribution in [0.4, 0.5) is 5.69 Å². The lowest BCUT2D eigenvalue weighted by Crippen LogP contribution is -2.49. The fourth-order valence-electron chi connectivity index (χ4n) is 1.76. The molecule has 1 rings (SSSR count). The normalized spacial score (nSPS) is 11.1. The summed E-state index contributed by atoms with van der Waals surface area (Å²) in [6.07, 6.45) is 0. The van der Waals surface area contributed by atoms with E-state index in [2.05, 4.69) is 42.5 Å². The Morgan fingerprint density at radius 1 is 1.29 bits per heavy atom. The molecule has 21 heavy (non-hydrogen) atoms. The Balaban J connectivity index is 3.19. The van der Waals surface area contributed by atoms with Gasteiger partial charge in [0.2, 0.25) is 5.91 Å². The van der Waals surface area contributed by atoms with Crippen LogP contribution >= 0.6 is 31.9 Å². The second-order valence-corrected chi connectivity index (χ2v) is 6.68. The maximum Gasteiger partial charge on any atom is 0.340 e. The van der Waals surface area contributed by atoms with Gasteiger partial charge in [0.15, 0.2) is 0 Å². The van der Waals surface area contributed by atoms with E-state index in [0.29, 0.717) is 21.2 Å². The molecule has 0 aliphatic rings. The molecular weight excluding hydrogens is 404 g/mol. The molecule has 0 unspecified atom stereocenters. The predicted molar refractivity (Wildman–Crippen MR) is 89.6 cm³/mol. The molecule has 7 heteroatoms. The number of rotatable bonds is 5. The molecule has 1 amide bonds. The Morgan fingerprint density at radius 2 is 1.90 bits per heavy atom. The van der Waals surface area contributed by atoms with E-state index in [1.165, 1.54) is 7.11 Å². The molecule has 0 aliphatic heterocycles.